The first kappa shape index (κ1) is 23.0. The summed E-state index contributed by atoms with van der Waals surface area (Å²) in [6.45, 7) is 8.82. The van der Waals surface area contributed by atoms with E-state index in [0.29, 0.717) is 24.2 Å². The Bertz CT molecular complexity index is 593. The molecule has 0 aromatic carbocycles. The Balaban J connectivity index is 1.68. The minimum atomic E-state index is -0.418. The first-order valence-corrected chi connectivity index (χ1v) is 12.1. The Morgan fingerprint density at radius 1 is 1.07 bits per heavy atom. The molecule has 3 aliphatic carbocycles. The molecule has 0 amide bonds. The van der Waals surface area contributed by atoms with E-state index in [1.165, 1.54) is 44.1 Å². The highest BCUT2D eigenvalue weighted by Gasteiger charge is 2.50. The third-order valence-corrected chi connectivity index (χ3v) is 8.70. The van der Waals surface area contributed by atoms with Gasteiger partial charge in [-0.15, -0.1) is 0 Å². The molecule has 0 aliphatic heterocycles. The number of allylic oxidation sites excluding steroid dienone is 3. The van der Waals surface area contributed by atoms with Crippen molar-refractivity contribution in [3.05, 3.63) is 23.3 Å². The van der Waals surface area contributed by atoms with Gasteiger partial charge in [0.1, 0.15) is 0 Å². The number of aliphatic hydroxyl groups excluding tert-OH is 3. The maximum absolute atomic E-state index is 10.2. The van der Waals surface area contributed by atoms with Gasteiger partial charge in [0.05, 0.1) is 18.3 Å². The van der Waals surface area contributed by atoms with Gasteiger partial charge in [-0.05, 0) is 81.5 Å². The van der Waals surface area contributed by atoms with E-state index in [0.717, 1.165) is 24.7 Å². The topological polar surface area (TPSA) is 60.7 Å². The highest BCUT2D eigenvalue weighted by molar-refractivity contribution is 5.26. The zero-order valence-corrected chi connectivity index (χ0v) is 19.1. The second kappa shape index (κ2) is 9.66. The van der Waals surface area contributed by atoms with Crippen LogP contribution in [0.3, 0.4) is 0 Å². The quantitative estimate of drug-likeness (QED) is 0.556. The number of rotatable bonds is 6. The maximum Gasteiger partial charge on any atom is 0.0627 e. The zero-order valence-electron chi connectivity index (χ0n) is 19.1. The molecule has 3 nitrogen and oxygen atoms in total. The molecular formula is C26H44O3. The van der Waals surface area contributed by atoms with E-state index < -0.39 is 12.2 Å². The molecule has 3 aliphatic rings. The lowest BCUT2D eigenvalue weighted by Crippen LogP contribution is -2.36. The third-order valence-electron chi connectivity index (χ3n) is 8.70. The van der Waals surface area contributed by atoms with Crippen LogP contribution in [0.25, 0.3) is 0 Å². The summed E-state index contributed by atoms with van der Waals surface area (Å²) >= 11 is 0. The van der Waals surface area contributed by atoms with Gasteiger partial charge >= 0.3 is 0 Å². The van der Waals surface area contributed by atoms with Crippen LogP contribution in [0.15, 0.2) is 23.3 Å². The van der Waals surface area contributed by atoms with E-state index in [1.54, 1.807) is 5.57 Å². The Morgan fingerprint density at radius 2 is 1.76 bits per heavy atom. The summed E-state index contributed by atoms with van der Waals surface area (Å²) in [6, 6.07) is 0. The average molecular weight is 405 g/mol. The number of hydrogen-bond donors (Lipinski definition) is 3. The molecule has 3 rings (SSSR count). The van der Waals surface area contributed by atoms with E-state index in [9.17, 15) is 15.3 Å². The van der Waals surface area contributed by atoms with Crippen molar-refractivity contribution >= 4 is 0 Å². The van der Waals surface area contributed by atoms with Gasteiger partial charge in [-0.1, -0.05) is 56.9 Å². The second-order valence-electron chi connectivity index (χ2n) is 10.8. The molecule has 3 saturated carbocycles. The average Bonchev–Trinajstić information content (AvgIpc) is 3.01. The van der Waals surface area contributed by atoms with Crippen LogP contribution in [-0.2, 0) is 0 Å². The molecule has 0 radical (unpaired) electrons. The highest BCUT2D eigenvalue weighted by atomic mass is 16.3. The van der Waals surface area contributed by atoms with Crippen LogP contribution in [-0.4, -0.2) is 33.6 Å². The fraction of sp³-hybridized carbons (Fsp3) is 0.846. The molecule has 3 heteroatoms. The lowest BCUT2D eigenvalue weighted by molar-refractivity contribution is 0.00406. The Kier molecular flexibility index (Phi) is 7.67. The van der Waals surface area contributed by atoms with Crippen LogP contribution in [0.1, 0.15) is 91.9 Å². The van der Waals surface area contributed by atoms with Gasteiger partial charge in [0.25, 0.3) is 0 Å². The van der Waals surface area contributed by atoms with Crippen molar-refractivity contribution in [3.63, 3.8) is 0 Å². The zero-order chi connectivity index (χ0) is 21.2. The number of aliphatic hydroxyl groups is 3. The summed E-state index contributed by atoms with van der Waals surface area (Å²) in [6.07, 6.45) is 14.7. The Morgan fingerprint density at radius 3 is 2.41 bits per heavy atom. The van der Waals surface area contributed by atoms with Crippen LogP contribution < -0.4 is 0 Å². The Labute approximate surface area is 178 Å². The summed E-state index contributed by atoms with van der Waals surface area (Å²) in [5, 5.41) is 30.0. The minimum absolute atomic E-state index is 0.0244. The SMILES string of the molecule is CC1[C@H](O)CC(=CC=C2CCC[C@@]3(C)C2CCC3[C@H](C)CCC[C@H](C)O)C[C@H]1O. The normalized spacial score (nSPS) is 41.3. The summed E-state index contributed by atoms with van der Waals surface area (Å²) < 4.78 is 0. The van der Waals surface area contributed by atoms with E-state index >= 15 is 0 Å². The number of hydrogen-bond acceptors (Lipinski definition) is 3. The van der Waals surface area contributed by atoms with Crippen molar-refractivity contribution in [1.29, 1.82) is 0 Å². The summed E-state index contributed by atoms with van der Waals surface area (Å²) in [5.74, 6) is 2.18. The molecule has 0 spiro atoms. The van der Waals surface area contributed by atoms with E-state index in [1.807, 2.05) is 13.8 Å². The lowest BCUT2D eigenvalue weighted by Gasteiger charge is -2.44. The van der Waals surface area contributed by atoms with Crippen molar-refractivity contribution in [2.45, 2.75) is 110 Å². The van der Waals surface area contributed by atoms with Gasteiger partial charge in [0.2, 0.25) is 0 Å². The first-order chi connectivity index (χ1) is 13.7. The van der Waals surface area contributed by atoms with E-state index in [2.05, 4.69) is 26.0 Å². The molecule has 0 saturated heterocycles. The van der Waals surface area contributed by atoms with Crippen molar-refractivity contribution in [2.24, 2.45) is 29.1 Å². The molecule has 0 aromatic heterocycles. The van der Waals surface area contributed by atoms with Gasteiger partial charge in [0, 0.05) is 5.92 Å². The van der Waals surface area contributed by atoms with E-state index in [4.69, 9.17) is 0 Å². The van der Waals surface area contributed by atoms with Crippen LogP contribution in [0.5, 0.6) is 0 Å². The predicted molar refractivity (Wildman–Crippen MR) is 119 cm³/mol. The van der Waals surface area contributed by atoms with Gasteiger partial charge in [-0.3, -0.25) is 0 Å². The molecule has 3 fully saturated rings. The van der Waals surface area contributed by atoms with Crippen molar-refractivity contribution in [2.75, 3.05) is 0 Å². The molecule has 0 bridgehead atoms. The van der Waals surface area contributed by atoms with Crippen molar-refractivity contribution in [3.8, 4) is 0 Å². The molecule has 0 heterocycles. The number of fused-ring (bicyclic) bond motifs is 1. The van der Waals surface area contributed by atoms with Gasteiger partial charge < -0.3 is 15.3 Å². The Hall–Kier alpha value is -0.640. The molecule has 0 aromatic rings. The summed E-state index contributed by atoms with van der Waals surface area (Å²) in [7, 11) is 0. The van der Waals surface area contributed by atoms with Crippen LogP contribution in [0.2, 0.25) is 0 Å². The fourth-order valence-electron chi connectivity index (χ4n) is 6.76. The summed E-state index contributed by atoms with van der Waals surface area (Å²) in [4.78, 5) is 0. The molecule has 3 N–H and O–H groups in total. The largest absolute Gasteiger partial charge is 0.393 e. The second-order valence-corrected chi connectivity index (χ2v) is 10.8. The fourth-order valence-corrected chi connectivity index (χ4v) is 6.76. The van der Waals surface area contributed by atoms with Crippen LogP contribution in [0.4, 0.5) is 0 Å². The maximum atomic E-state index is 10.2. The molecule has 166 valence electrons. The first-order valence-electron chi connectivity index (χ1n) is 12.1. The lowest BCUT2D eigenvalue weighted by atomic mass is 9.60. The smallest absolute Gasteiger partial charge is 0.0627 e. The standard InChI is InChI=1S/C26H44O3/c1-17(7-5-8-18(2)27)22-12-13-23-21(9-6-14-26(22,23)4)11-10-20-15-24(28)19(3)25(29)16-20/h10-11,17-19,22-25,27-29H,5-9,12-16H2,1-4H3/t17-,18+,19?,22?,23?,24-,25-,26-/m1/s1. The molecule has 29 heavy (non-hydrogen) atoms. The summed E-state index contributed by atoms with van der Waals surface area (Å²) in [5.41, 5.74) is 3.21. The minimum Gasteiger partial charge on any atom is -0.393 e. The van der Waals surface area contributed by atoms with E-state index in [-0.39, 0.29) is 12.0 Å². The third kappa shape index (κ3) is 5.17. The van der Waals surface area contributed by atoms with Gasteiger partial charge in [-0.25, -0.2) is 0 Å². The predicted octanol–water partition coefficient (Wildman–Crippen LogP) is 5.39. The highest BCUT2D eigenvalue weighted by Crippen LogP contribution is 2.59. The van der Waals surface area contributed by atoms with Gasteiger partial charge in [-0.2, -0.15) is 0 Å². The monoisotopic (exact) mass is 404 g/mol. The molecular weight excluding hydrogens is 360 g/mol. The van der Waals surface area contributed by atoms with Gasteiger partial charge in [0.15, 0.2) is 0 Å². The molecule has 7 atom stereocenters. The van der Waals surface area contributed by atoms with Crippen LogP contribution in [0, 0.1) is 29.1 Å². The molecule has 2 unspecified atom stereocenters. The van der Waals surface area contributed by atoms with Crippen molar-refractivity contribution in [1.82, 2.24) is 0 Å². The van der Waals surface area contributed by atoms with Crippen molar-refractivity contribution < 1.29 is 15.3 Å². The van der Waals surface area contributed by atoms with Crippen LogP contribution >= 0.6 is 0 Å².